The Kier molecular flexibility index (Phi) is 6.29. The highest BCUT2D eigenvalue weighted by Crippen LogP contribution is 2.26. The second-order valence-corrected chi connectivity index (χ2v) is 8.78. The number of hydrogen-bond donors (Lipinski definition) is 0. The van der Waals surface area contributed by atoms with E-state index < -0.39 is 0 Å². The molecule has 2 heterocycles. The number of rotatable bonds is 7. The summed E-state index contributed by atoms with van der Waals surface area (Å²) in [7, 11) is 1.61. The predicted octanol–water partition coefficient (Wildman–Crippen LogP) is 5.06. The lowest BCUT2D eigenvalue weighted by molar-refractivity contribution is 0.391. The van der Waals surface area contributed by atoms with Gasteiger partial charge < -0.3 is 9.26 Å². The van der Waals surface area contributed by atoms with Crippen LogP contribution in [0.25, 0.3) is 22.3 Å². The summed E-state index contributed by atoms with van der Waals surface area (Å²) >= 11 is 7.47. The fourth-order valence-electron chi connectivity index (χ4n) is 3.13. The molecule has 7 nitrogen and oxygen atoms in total. The van der Waals surface area contributed by atoms with Crippen molar-refractivity contribution in [3.8, 4) is 17.1 Å². The highest BCUT2D eigenvalue weighted by atomic mass is 35.5. The lowest BCUT2D eigenvalue weighted by Gasteiger charge is -2.14. The number of aromatic nitrogens is 4. The monoisotopic (exact) mass is 456 g/mol. The maximum Gasteiger partial charge on any atom is 0.262 e. The topological polar surface area (TPSA) is 83.0 Å². The van der Waals surface area contributed by atoms with Gasteiger partial charge in [-0.3, -0.25) is 9.36 Å². The van der Waals surface area contributed by atoms with Gasteiger partial charge in [0.25, 0.3) is 5.56 Å². The predicted molar refractivity (Wildman–Crippen MR) is 122 cm³/mol. The van der Waals surface area contributed by atoms with Crippen LogP contribution in [-0.2, 0) is 12.3 Å². The van der Waals surface area contributed by atoms with Crippen LogP contribution in [0.4, 0.5) is 0 Å². The van der Waals surface area contributed by atoms with E-state index in [1.54, 1.807) is 29.9 Å². The summed E-state index contributed by atoms with van der Waals surface area (Å²) in [5.41, 5.74) is 1.31. The zero-order valence-corrected chi connectivity index (χ0v) is 18.9. The van der Waals surface area contributed by atoms with Crippen LogP contribution in [0.3, 0.4) is 0 Å². The average Bonchev–Trinajstić information content (AvgIpc) is 3.24. The van der Waals surface area contributed by atoms with Gasteiger partial charge in [-0.1, -0.05) is 54.5 Å². The molecule has 0 fully saturated rings. The minimum absolute atomic E-state index is 0.105. The summed E-state index contributed by atoms with van der Waals surface area (Å²) < 4.78 is 12.3. The van der Waals surface area contributed by atoms with E-state index in [9.17, 15) is 4.79 Å². The Morgan fingerprint density at radius 2 is 2.03 bits per heavy atom. The molecule has 0 N–H and O–H groups in total. The number of methoxy groups -OCH3 is 1. The molecule has 0 aliphatic rings. The molecule has 0 unspecified atom stereocenters. The molecule has 0 saturated carbocycles. The molecule has 4 aromatic rings. The minimum Gasteiger partial charge on any atom is -0.497 e. The highest BCUT2D eigenvalue weighted by Gasteiger charge is 2.16. The number of thioether (sulfide) groups is 1. The van der Waals surface area contributed by atoms with Crippen LogP contribution in [0.5, 0.6) is 5.75 Å². The van der Waals surface area contributed by atoms with E-state index >= 15 is 0 Å². The SMILES string of the molecule is COc1cccc(-c2noc(CSc3nc4ccc(Cl)cc4c(=O)n3CC(C)C)n2)c1. The maximum absolute atomic E-state index is 13.1. The molecule has 0 amide bonds. The third-order valence-electron chi connectivity index (χ3n) is 4.55. The molecule has 160 valence electrons. The van der Waals surface area contributed by atoms with Crippen LogP contribution in [0.1, 0.15) is 19.7 Å². The van der Waals surface area contributed by atoms with Crippen molar-refractivity contribution in [2.45, 2.75) is 31.3 Å². The zero-order chi connectivity index (χ0) is 22.0. The maximum atomic E-state index is 13.1. The number of benzene rings is 2. The number of ether oxygens (including phenoxy) is 1. The zero-order valence-electron chi connectivity index (χ0n) is 17.3. The first-order chi connectivity index (χ1) is 14.9. The van der Waals surface area contributed by atoms with Crippen molar-refractivity contribution >= 4 is 34.3 Å². The summed E-state index contributed by atoms with van der Waals surface area (Å²) in [5, 5.41) is 5.69. The Labute approximate surface area is 188 Å². The van der Waals surface area contributed by atoms with Gasteiger partial charge in [-0.2, -0.15) is 4.98 Å². The van der Waals surface area contributed by atoms with Crippen molar-refractivity contribution in [1.82, 2.24) is 19.7 Å². The summed E-state index contributed by atoms with van der Waals surface area (Å²) in [6.45, 7) is 4.67. The fourth-order valence-corrected chi connectivity index (χ4v) is 4.15. The lowest BCUT2D eigenvalue weighted by atomic mass is 10.2. The van der Waals surface area contributed by atoms with Gasteiger partial charge in [0.15, 0.2) is 5.16 Å². The molecule has 4 rings (SSSR count). The van der Waals surface area contributed by atoms with Gasteiger partial charge in [0.05, 0.1) is 23.8 Å². The van der Waals surface area contributed by atoms with Crippen LogP contribution >= 0.6 is 23.4 Å². The van der Waals surface area contributed by atoms with Crippen LogP contribution in [0.2, 0.25) is 5.02 Å². The minimum atomic E-state index is -0.105. The van der Waals surface area contributed by atoms with Crippen LogP contribution in [-0.4, -0.2) is 26.8 Å². The second kappa shape index (κ2) is 9.11. The quantitative estimate of drug-likeness (QED) is 0.284. The Morgan fingerprint density at radius 1 is 1.19 bits per heavy atom. The van der Waals surface area contributed by atoms with E-state index in [1.807, 2.05) is 24.3 Å². The number of fused-ring (bicyclic) bond motifs is 1. The van der Waals surface area contributed by atoms with E-state index in [2.05, 4.69) is 24.0 Å². The summed E-state index contributed by atoms with van der Waals surface area (Å²) in [6, 6.07) is 12.6. The summed E-state index contributed by atoms with van der Waals surface area (Å²) in [6.07, 6.45) is 0. The fraction of sp³-hybridized carbons (Fsp3) is 0.273. The molecular weight excluding hydrogens is 436 g/mol. The first kappa shape index (κ1) is 21.4. The van der Waals surface area contributed by atoms with Crippen molar-refractivity contribution in [3.63, 3.8) is 0 Å². The number of nitrogens with zero attached hydrogens (tertiary/aromatic N) is 4. The van der Waals surface area contributed by atoms with E-state index in [-0.39, 0.29) is 11.5 Å². The third-order valence-corrected chi connectivity index (χ3v) is 5.75. The Morgan fingerprint density at radius 3 is 2.81 bits per heavy atom. The molecule has 0 atom stereocenters. The van der Waals surface area contributed by atoms with Crippen molar-refractivity contribution in [1.29, 1.82) is 0 Å². The highest BCUT2D eigenvalue weighted by molar-refractivity contribution is 7.98. The third kappa shape index (κ3) is 4.75. The van der Waals surface area contributed by atoms with Crippen LogP contribution < -0.4 is 10.3 Å². The molecule has 0 spiro atoms. The van der Waals surface area contributed by atoms with Gasteiger partial charge in [-0.05, 0) is 36.2 Å². The van der Waals surface area contributed by atoms with E-state index in [0.29, 0.717) is 45.1 Å². The van der Waals surface area contributed by atoms with Crippen molar-refractivity contribution in [3.05, 3.63) is 63.7 Å². The van der Waals surface area contributed by atoms with Crippen molar-refractivity contribution < 1.29 is 9.26 Å². The van der Waals surface area contributed by atoms with Crippen LogP contribution in [0, 0.1) is 5.92 Å². The molecule has 0 radical (unpaired) electrons. The summed E-state index contributed by atoms with van der Waals surface area (Å²) in [4.78, 5) is 22.3. The summed E-state index contributed by atoms with van der Waals surface area (Å²) in [5.74, 6) is 2.31. The molecule has 0 bridgehead atoms. The molecule has 0 aliphatic heterocycles. The molecule has 2 aromatic carbocycles. The molecular formula is C22H21ClN4O3S. The lowest BCUT2D eigenvalue weighted by Crippen LogP contribution is -2.25. The van der Waals surface area contributed by atoms with Crippen molar-refractivity contribution in [2.75, 3.05) is 7.11 Å². The van der Waals surface area contributed by atoms with Gasteiger partial charge in [0.2, 0.25) is 11.7 Å². The average molecular weight is 457 g/mol. The Balaban J connectivity index is 1.62. The van der Waals surface area contributed by atoms with E-state index in [0.717, 1.165) is 11.3 Å². The molecule has 9 heteroatoms. The van der Waals surface area contributed by atoms with E-state index in [4.69, 9.17) is 25.8 Å². The first-order valence-corrected chi connectivity index (χ1v) is 11.1. The standard InChI is InChI=1S/C22H21ClN4O3S/c1-13(2)11-27-21(28)17-10-15(23)7-8-18(17)24-22(27)31-12-19-25-20(26-30-19)14-5-4-6-16(9-14)29-3/h4-10,13H,11-12H2,1-3H3. The number of halogens is 1. The Hall–Kier alpha value is -2.84. The molecule has 2 aromatic heterocycles. The molecule has 0 saturated heterocycles. The van der Waals surface area contributed by atoms with Gasteiger partial charge in [0.1, 0.15) is 5.75 Å². The van der Waals surface area contributed by atoms with Gasteiger partial charge in [-0.25, -0.2) is 4.98 Å². The van der Waals surface area contributed by atoms with Gasteiger partial charge in [0, 0.05) is 17.1 Å². The molecule has 0 aliphatic carbocycles. The number of hydrogen-bond acceptors (Lipinski definition) is 7. The van der Waals surface area contributed by atoms with E-state index in [1.165, 1.54) is 11.8 Å². The largest absolute Gasteiger partial charge is 0.497 e. The Bertz CT molecular complexity index is 1290. The smallest absolute Gasteiger partial charge is 0.262 e. The first-order valence-electron chi connectivity index (χ1n) is 9.74. The van der Waals surface area contributed by atoms with Crippen LogP contribution in [0.15, 0.2) is 56.9 Å². The van der Waals surface area contributed by atoms with Gasteiger partial charge in [-0.15, -0.1) is 0 Å². The normalized spacial score (nSPS) is 11.4. The molecule has 31 heavy (non-hydrogen) atoms. The second-order valence-electron chi connectivity index (χ2n) is 7.40. The van der Waals surface area contributed by atoms with Crippen molar-refractivity contribution in [2.24, 2.45) is 5.92 Å². The van der Waals surface area contributed by atoms with Gasteiger partial charge >= 0.3 is 0 Å².